The average molecular weight is 321 g/mol. The van der Waals surface area contributed by atoms with Gasteiger partial charge in [0.15, 0.2) is 6.61 Å². The number of H-pyrrole nitrogens is 1. The molecule has 0 radical (unpaired) electrons. The van der Waals surface area contributed by atoms with E-state index in [9.17, 15) is 4.79 Å². The van der Waals surface area contributed by atoms with Crippen LogP contribution in [0.1, 0.15) is 11.3 Å². The standard InChI is InChI=1S/C19H19N3O2/c1-22(2)19(23)13-24-15-10-7-14(8-11-15)9-12-18-16-5-3-4-6-17(16)20-21-18/h3-12H,13H2,1-2H3,(H,20,21). The van der Waals surface area contributed by atoms with Gasteiger partial charge in [0.1, 0.15) is 5.75 Å². The van der Waals surface area contributed by atoms with Gasteiger partial charge in [-0.25, -0.2) is 0 Å². The largest absolute Gasteiger partial charge is 0.484 e. The van der Waals surface area contributed by atoms with Crippen molar-refractivity contribution in [2.24, 2.45) is 0 Å². The van der Waals surface area contributed by atoms with Crippen molar-refractivity contribution in [3.63, 3.8) is 0 Å². The minimum atomic E-state index is -0.0654. The lowest BCUT2D eigenvalue weighted by molar-refractivity contribution is -0.130. The molecule has 3 rings (SSSR count). The van der Waals surface area contributed by atoms with Crippen LogP contribution in [0.3, 0.4) is 0 Å². The summed E-state index contributed by atoms with van der Waals surface area (Å²) in [6.45, 7) is 0.0431. The maximum absolute atomic E-state index is 11.5. The number of para-hydroxylation sites is 1. The number of likely N-dealkylation sites (N-methyl/N-ethyl adjacent to an activating group) is 1. The Morgan fingerprint density at radius 2 is 1.88 bits per heavy atom. The molecule has 5 heteroatoms. The van der Waals surface area contributed by atoms with E-state index in [4.69, 9.17) is 4.74 Å². The molecule has 1 N–H and O–H groups in total. The van der Waals surface area contributed by atoms with Crippen LogP contribution in [0.25, 0.3) is 23.1 Å². The first-order chi connectivity index (χ1) is 11.6. The smallest absolute Gasteiger partial charge is 0.259 e. The topological polar surface area (TPSA) is 58.2 Å². The molecule has 0 bridgehead atoms. The Bertz CT molecular complexity index is 864. The van der Waals surface area contributed by atoms with E-state index in [2.05, 4.69) is 10.2 Å². The van der Waals surface area contributed by atoms with Crippen molar-refractivity contribution in [3.05, 3.63) is 59.8 Å². The quantitative estimate of drug-likeness (QED) is 0.785. The summed E-state index contributed by atoms with van der Waals surface area (Å²) in [5.41, 5.74) is 2.96. The molecule has 0 saturated carbocycles. The van der Waals surface area contributed by atoms with E-state index in [0.29, 0.717) is 5.75 Å². The molecule has 0 aliphatic heterocycles. The van der Waals surface area contributed by atoms with Crippen molar-refractivity contribution >= 4 is 29.0 Å². The molecule has 0 spiro atoms. The molecule has 1 aromatic heterocycles. The molecule has 2 aromatic carbocycles. The minimum Gasteiger partial charge on any atom is -0.484 e. The fraction of sp³-hybridized carbons (Fsp3) is 0.158. The van der Waals surface area contributed by atoms with Crippen LogP contribution in [-0.4, -0.2) is 41.7 Å². The molecule has 24 heavy (non-hydrogen) atoms. The fourth-order valence-electron chi connectivity index (χ4n) is 2.24. The number of hydrogen-bond donors (Lipinski definition) is 1. The maximum atomic E-state index is 11.5. The second kappa shape index (κ2) is 7.00. The van der Waals surface area contributed by atoms with Crippen molar-refractivity contribution in [2.45, 2.75) is 0 Å². The van der Waals surface area contributed by atoms with Gasteiger partial charge in [-0.2, -0.15) is 5.10 Å². The molecule has 3 aromatic rings. The Morgan fingerprint density at radius 3 is 2.62 bits per heavy atom. The number of aromatic nitrogens is 2. The van der Waals surface area contributed by atoms with Crippen LogP contribution in [-0.2, 0) is 4.79 Å². The highest BCUT2D eigenvalue weighted by molar-refractivity contribution is 5.89. The van der Waals surface area contributed by atoms with Crippen LogP contribution in [0.15, 0.2) is 48.5 Å². The number of hydrogen-bond acceptors (Lipinski definition) is 3. The number of benzene rings is 2. The van der Waals surface area contributed by atoms with E-state index in [0.717, 1.165) is 22.2 Å². The zero-order valence-corrected chi connectivity index (χ0v) is 13.7. The molecule has 0 aliphatic carbocycles. The molecule has 122 valence electrons. The molecule has 0 unspecified atom stereocenters. The first-order valence-electron chi connectivity index (χ1n) is 7.68. The van der Waals surface area contributed by atoms with Crippen LogP contribution in [0.2, 0.25) is 0 Å². The zero-order chi connectivity index (χ0) is 16.9. The highest BCUT2D eigenvalue weighted by Gasteiger charge is 2.04. The number of nitrogens with zero attached hydrogens (tertiary/aromatic N) is 2. The van der Waals surface area contributed by atoms with E-state index >= 15 is 0 Å². The molecule has 0 aliphatic rings. The Labute approximate surface area is 140 Å². The molecular weight excluding hydrogens is 302 g/mol. The van der Waals surface area contributed by atoms with Gasteiger partial charge in [0, 0.05) is 19.5 Å². The summed E-state index contributed by atoms with van der Waals surface area (Å²) in [4.78, 5) is 13.0. The molecule has 0 atom stereocenters. The average Bonchev–Trinajstić information content (AvgIpc) is 3.02. The molecule has 0 fully saturated rings. The second-order valence-electron chi connectivity index (χ2n) is 5.63. The third-order valence-corrected chi connectivity index (χ3v) is 3.67. The summed E-state index contributed by atoms with van der Waals surface area (Å²) in [6.07, 6.45) is 3.97. The van der Waals surface area contributed by atoms with Gasteiger partial charge in [0.05, 0.1) is 11.2 Å². The lowest BCUT2D eigenvalue weighted by Crippen LogP contribution is -2.27. The molecular formula is C19H19N3O2. The van der Waals surface area contributed by atoms with E-state index in [-0.39, 0.29) is 12.5 Å². The predicted molar refractivity (Wildman–Crippen MR) is 95.7 cm³/mol. The van der Waals surface area contributed by atoms with Gasteiger partial charge < -0.3 is 9.64 Å². The van der Waals surface area contributed by atoms with Gasteiger partial charge in [-0.15, -0.1) is 0 Å². The summed E-state index contributed by atoms with van der Waals surface area (Å²) >= 11 is 0. The maximum Gasteiger partial charge on any atom is 0.259 e. The van der Waals surface area contributed by atoms with Crippen LogP contribution < -0.4 is 4.74 Å². The number of nitrogens with one attached hydrogen (secondary N) is 1. The molecule has 1 heterocycles. The second-order valence-corrected chi connectivity index (χ2v) is 5.63. The van der Waals surface area contributed by atoms with E-state index in [1.807, 2.05) is 60.7 Å². The number of carbonyl (C=O) groups is 1. The zero-order valence-electron chi connectivity index (χ0n) is 13.7. The number of aromatic amines is 1. The van der Waals surface area contributed by atoms with E-state index in [1.54, 1.807) is 14.1 Å². The monoisotopic (exact) mass is 321 g/mol. The first kappa shape index (κ1) is 15.8. The normalized spacial score (nSPS) is 11.1. The van der Waals surface area contributed by atoms with Crippen molar-refractivity contribution in [2.75, 3.05) is 20.7 Å². The van der Waals surface area contributed by atoms with Crippen molar-refractivity contribution in [3.8, 4) is 5.75 Å². The van der Waals surface area contributed by atoms with E-state index in [1.165, 1.54) is 4.90 Å². The van der Waals surface area contributed by atoms with Gasteiger partial charge in [-0.1, -0.05) is 36.4 Å². The minimum absolute atomic E-state index is 0.0431. The van der Waals surface area contributed by atoms with Gasteiger partial charge >= 0.3 is 0 Å². The SMILES string of the molecule is CN(C)C(=O)COc1ccc(C=Cc2n[nH]c3ccccc23)cc1. The van der Waals surface area contributed by atoms with Crippen LogP contribution in [0.5, 0.6) is 5.75 Å². The van der Waals surface area contributed by atoms with Crippen molar-refractivity contribution < 1.29 is 9.53 Å². The molecule has 5 nitrogen and oxygen atoms in total. The summed E-state index contributed by atoms with van der Waals surface area (Å²) in [5, 5.41) is 8.42. The summed E-state index contributed by atoms with van der Waals surface area (Å²) in [5.74, 6) is 0.608. The number of amides is 1. The molecule has 1 amide bonds. The predicted octanol–water partition coefficient (Wildman–Crippen LogP) is 3.20. The Kier molecular flexibility index (Phi) is 4.61. The third kappa shape index (κ3) is 3.63. The highest BCUT2D eigenvalue weighted by Crippen LogP contribution is 2.18. The Balaban J connectivity index is 1.66. The third-order valence-electron chi connectivity index (χ3n) is 3.67. The lowest BCUT2D eigenvalue weighted by Gasteiger charge is -2.11. The van der Waals surface area contributed by atoms with Crippen molar-refractivity contribution in [1.82, 2.24) is 15.1 Å². The van der Waals surface area contributed by atoms with Gasteiger partial charge in [0.2, 0.25) is 0 Å². The highest BCUT2D eigenvalue weighted by atomic mass is 16.5. The van der Waals surface area contributed by atoms with Gasteiger partial charge in [-0.3, -0.25) is 9.89 Å². The fourth-order valence-corrected chi connectivity index (χ4v) is 2.24. The number of carbonyl (C=O) groups excluding carboxylic acids is 1. The van der Waals surface area contributed by atoms with Crippen LogP contribution >= 0.6 is 0 Å². The van der Waals surface area contributed by atoms with Gasteiger partial charge in [-0.05, 0) is 29.8 Å². The summed E-state index contributed by atoms with van der Waals surface area (Å²) in [6, 6.07) is 15.6. The van der Waals surface area contributed by atoms with Crippen LogP contribution in [0.4, 0.5) is 0 Å². The van der Waals surface area contributed by atoms with Gasteiger partial charge in [0.25, 0.3) is 5.91 Å². The Hall–Kier alpha value is -3.08. The van der Waals surface area contributed by atoms with Crippen molar-refractivity contribution in [1.29, 1.82) is 0 Å². The van der Waals surface area contributed by atoms with E-state index < -0.39 is 0 Å². The number of rotatable bonds is 5. The van der Waals surface area contributed by atoms with Crippen LogP contribution in [0, 0.1) is 0 Å². The number of ether oxygens (including phenoxy) is 1. The Morgan fingerprint density at radius 1 is 1.12 bits per heavy atom. The number of fused-ring (bicyclic) bond motifs is 1. The lowest BCUT2D eigenvalue weighted by atomic mass is 10.1. The summed E-state index contributed by atoms with van der Waals surface area (Å²) < 4.78 is 5.46. The summed E-state index contributed by atoms with van der Waals surface area (Å²) in [7, 11) is 3.41. The first-order valence-corrected chi connectivity index (χ1v) is 7.68. The molecule has 0 saturated heterocycles.